The van der Waals surface area contributed by atoms with E-state index >= 15 is 0 Å². The highest BCUT2D eigenvalue weighted by Gasteiger charge is 2.39. The van der Waals surface area contributed by atoms with E-state index in [1.54, 1.807) is 7.05 Å². The van der Waals surface area contributed by atoms with Crippen LogP contribution in [0.25, 0.3) is 0 Å². The first-order chi connectivity index (χ1) is 10.00. The first kappa shape index (κ1) is 15.5. The van der Waals surface area contributed by atoms with Gasteiger partial charge in [0.15, 0.2) is 0 Å². The smallest absolute Gasteiger partial charge is 0.227 e. The molecule has 1 aromatic carbocycles. The van der Waals surface area contributed by atoms with Crippen LogP contribution in [0.5, 0.6) is 5.75 Å². The van der Waals surface area contributed by atoms with Crippen molar-refractivity contribution in [3.05, 3.63) is 18.2 Å². The average Bonchev–Trinajstić information content (AvgIpc) is 2.89. The molecule has 1 amide bonds. The van der Waals surface area contributed by atoms with E-state index in [9.17, 15) is 4.79 Å². The molecule has 0 saturated carbocycles. The number of amides is 1. The predicted octanol–water partition coefficient (Wildman–Crippen LogP) is 2.02. The number of nitrogens with one attached hydrogen (secondary N) is 1. The third-order valence-corrected chi connectivity index (χ3v) is 4.07. The third kappa shape index (κ3) is 3.23. The van der Waals surface area contributed by atoms with E-state index in [0.717, 1.165) is 30.8 Å². The normalized spacial score (nSPS) is 21.4. The van der Waals surface area contributed by atoms with E-state index in [-0.39, 0.29) is 11.3 Å². The quantitative estimate of drug-likeness (QED) is 0.815. The van der Waals surface area contributed by atoms with Crippen LogP contribution in [0.1, 0.15) is 26.7 Å². The Balaban J connectivity index is 2.14. The van der Waals surface area contributed by atoms with E-state index in [1.165, 1.54) is 0 Å². The van der Waals surface area contributed by atoms with Crippen LogP contribution in [0.4, 0.5) is 11.4 Å². The molecule has 3 N–H and O–H groups in total. The first-order valence-corrected chi connectivity index (χ1v) is 7.49. The molecule has 1 aromatic rings. The number of nitrogens with two attached hydrogens (primary N) is 1. The molecule has 116 valence electrons. The molecule has 5 heteroatoms. The van der Waals surface area contributed by atoms with Gasteiger partial charge in [0.25, 0.3) is 0 Å². The Morgan fingerprint density at radius 2 is 2.29 bits per heavy atom. The van der Waals surface area contributed by atoms with Crippen molar-refractivity contribution in [3.63, 3.8) is 0 Å². The van der Waals surface area contributed by atoms with Gasteiger partial charge in [0.05, 0.1) is 17.7 Å². The van der Waals surface area contributed by atoms with Crippen LogP contribution in [-0.4, -0.2) is 32.7 Å². The van der Waals surface area contributed by atoms with Crippen molar-refractivity contribution in [1.82, 2.24) is 5.32 Å². The molecule has 1 saturated heterocycles. The summed E-state index contributed by atoms with van der Waals surface area (Å²) in [5, 5.41) is 2.76. The van der Waals surface area contributed by atoms with Crippen LogP contribution in [0, 0.1) is 5.41 Å². The van der Waals surface area contributed by atoms with Gasteiger partial charge < -0.3 is 20.7 Å². The lowest BCUT2D eigenvalue weighted by molar-refractivity contribution is -0.128. The summed E-state index contributed by atoms with van der Waals surface area (Å²) in [6, 6.07) is 5.83. The number of carbonyl (C=O) groups excluding carboxylic acids is 1. The van der Waals surface area contributed by atoms with Crippen LogP contribution < -0.4 is 20.7 Å². The Kier molecular flexibility index (Phi) is 4.60. The molecule has 1 atom stereocenters. The van der Waals surface area contributed by atoms with Crippen LogP contribution >= 0.6 is 0 Å². The summed E-state index contributed by atoms with van der Waals surface area (Å²) >= 11 is 0. The first-order valence-electron chi connectivity index (χ1n) is 7.49. The fourth-order valence-corrected chi connectivity index (χ4v) is 2.73. The van der Waals surface area contributed by atoms with E-state index < -0.39 is 0 Å². The molecule has 0 bridgehead atoms. The highest BCUT2D eigenvalue weighted by atomic mass is 16.5. The summed E-state index contributed by atoms with van der Waals surface area (Å²) in [7, 11) is 1.69. The summed E-state index contributed by atoms with van der Waals surface area (Å²) < 4.78 is 5.68. The zero-order valence-electron chi connectivity index (χ0n) is 13.1. The molecule has 0 spiro atoms. The minimum atomic E-state index is -0.333. The molecule has 0 aromatic heterocycles. The van der Waals surface area contributed by atoms with Gasteiger partial charge in [0, 0.05) is 31.9 Å². The SMILES string of the molecule is CCCOc1cc(N2CCC(C)(C(=O)NC)C2)ccc1N. The van der Waals surface area contributed by atoms with Crippen molar-refractivity contribution in [1.29, 1.82) is 0 Å². The summed E-state index contributed by atoms with van der Waals surface area (Å²) in [6.07, 6.45) is 1.80. The van der Waals surface area contributed by atoms with Crippen LogP contribution in [0.2, 0.25) is 0 Å². The van der Waals surface area contributed by atoms with Crippen molar-refractivity contribution in [2.75, 3.05) is 37.4 Å². The molecule has 1 aliphatic rings. The maximum Gasteiger partial charge on any atom is 0.227 e. The number of nitrogen functional groups attached to an aromatic ring is 1. The Morgan fingerprint density at radius 1 is 1.52 bits per heavy atom. The highest BCUT2D eigenvalue weighted by molar-refractivity contribution is 5.83. The molecule has 5 nitrogen and oxygen atoms in total. The molecule has 1 unspecified atom stereocenters. The number of nitrogens with zero attached hydrogens (tertiary/aromatic N) is 1. The Bertz CT molecular complexity index is 518. The molecule has 0 radical (unpaired) electrons. The summed E-state index contributed by atoms with van der Waals surface area (Å²) in [6.45, 7) is 6.31. The van der Waals surface area contributed by atoms with Gasteiger partial charge in [-0.25, -0.2) is 0 Å². The van der Waals surface area contributed by atoms with Crippen molar-refractivity contribution < 1.29 is 9.53 Å². The molecular weight excluding hydrogens is 266 g/mol. The zero-order valence-corrected chi connectivity index (χ0v) is 13.1. The Hall–Kier alpha value is -1.91. The van der Waals surface area contributed by atoms with E-state index in [4.69, 9.17) is 10.5 Å². The van der Waals surface area contributed by atoms with Gasteiger partial charge in [-0.1, -0.05) is 6.92 Å². The van der Waals surface area contributed by atoms with Crippen LogP contribution in [0.15, 0.2) is 18.2 Å². The van der Waals surface area contributed by atoms with Crippen LogP contribution in [-0.2, 0) is 4.79 Å². The maximum absolute atomic E-state index is 12.0. The third-order valence-electron chi connectivity index (χ3n) is 4.07. The molecular formula is C16H25N3O2. The Labute approximate surface area is 126 Å². The van der Waals surface area contributed by atoms with E-state index in [2.05, 4.69) is 17.1 Å². The topological polar surface area (TPSA) is 67.6 Å². The molecule has 0 aliphatic carbocycles. The second kappa shape index (κ2) is 6.24. The fraction of sp³-hybridized carbons (Fsp3) is 0.562. The number of rotatable bonds is 5. The molecule has 21 heavy (non-hydrogen) atoms. The van der Waals surface area contributed by atoms with E-state index in [0.29, 0.717) is 18.8 Å². The summed E-state index contributed by atoms with van der Waals surface area (Å²) in [4.78, 5) is 14.2. The largest absolute Gasteiger partial charge is 0.491 e. The average molecular weight is 291 g/mol. The number of anilines is 2. The van der Waals surface area contributed by atoms with Crippen LogP contribution in [0.3, 0.4) is 0 Å². The minimum absolute atomic E-state index is 0.0999. The number of carbonyl (C=O) groups is 1. The standard InChI is InChI=1S/C16H25N3O2/c1-4-9-21-14-10-12(5-6-13(14)17)19-8-7-16(2,11-19)15(20)18-3/h5-6,10H,4,7-9,11,17H2,1-3H3,(H,18,20). The lowest BCUT2D eigenvalue weighted by Crippen LogP contribution is -2.39. The summed E-state index contributed by atoms with van der Waals surface area (Å²) in [5.74, 6) is 0.825. The van der Waals surface area contributed by atoms with Crippen molar-refractivity contribution in [2.24, 2.45) is 5.41 Å². The van der Waals surface area contributed by atoms with Crippen molar-refractivity contribution in [2.45, 2.75) is 26.7 Å². The number of ether oxygens (including phenoxy) is 1. The lowest BCUT2D eigenvalue weighted by atomic mass is 9.89. The van der Waals surface area contributed by atoms with Gasteiger partial charge >= 0.3 is 0 Å². The fourth-order valence-electron chi connectivity index (χ4n) is 2.73. The maximum atomic E-state index is 12.0. The van der Waals surface area contributed by atoms with Crippen molar-refractivity contribution in [3.8, 4) is 5.75 Å². The van der Waals surface area contributed by atoms with Gasteiger partial charge in [0.2, 0.25) is 5.91 Å². The summed E-state index contributed by atoms with van der Waals surface area (Å²) in [5.41, 5.74) is 7.32. The lowest BCUT2D eigenvalue weighted by Gasteiger charge is -2.24. The zero-order chi connectivity index (χ0) is 15.5. The van der Waals surface area contributed by atoms with Gasteiger partial charge in [-0.15, -0.1) is 0 Å². The predicted molar refractivity (Wildman–Crippen MR) is 85.6 cm³/mol. The van der Waals surface area contributed by atoms with Gasteiger partial charge in [-0.3, -0.25) is 4.79 Å². The molecule has 1 heterocycles. The van der Waals surface area contributed by atoms with Gasteiger partial charge in [-0.05, 0) is 31.9 Å². The number of hydrogen-bond acceptors (Lipinski definition) is 4. The second-order valence-corrected chi connectivity index (χ2v) is 5.88. The van der Waals surface area contributed by atoms with Gasteiger partial charge in [-0.2, -0.15) is 0 Å². The molecule has 1 aliphatic heterocycles. The minimum Gasteiger partial charge on any atom is -0.491 e. The number of benzene rings is 1. The van der Waals surface area contributed by atoms with Crippen molar-refractivity contribution >= 4 is 17.3 Å². The number of hydrogen-bond donors (Lipinski definition) is 2. The Morgan fingerprint density at radius 3 is 2.95 bits per heavy atom. The molecule has 2 rings (SSSR count). The highest BCUT2D eigenvalue weighted by Crippen LogP contribution is 2.36. The molecule has 1 fully saturated rings. The monoisotopic (exact) mass is 291 g/mol. The van der Waals surface area contributed by atoms with E-state index in [1.807, 2.05) is 25.1 Å². The second-order valence-electron chi connectivity index (χ2n) is 5.88. The van der Waals surface area contributed by atoms with Gasteiger partial charge in [0.1, 0.15) is 5.75 Å².